The minimum Gasteiger partial charge on any atom is -0.301 e. The number of hydrogen-bond acceptors (Lipinski definition) is 7. The van der Waals surface area contributed by atoms with Gasteiger partial charge >= 0.3 is 6.18 Å². The van der Waals surface area contributed by atoms with Crippen LogP contribution in [0.3, 0.4) is 0 Å². The minimum atomic E-state index is -4.73. The standard InChI is InChI=1S/C10H8F3N5O2S2/c1-4-17-18-9(22-4)16-7(20)3-21-8-14-5(10(11,12)13)2-6(19)15-8/h2H,3H2,1H3,(H,14,15,19)(H,16,18,20). The van der Waals surface area contributed by atoms with E-state index in [2.05, 4.69) is 25.5 Å². The van der Waals surface area contributed by atoms with Gasteiger partial charge in [0.15, 0.2) is 10.9 Å². The van der Waals surface area contributed by atoms with Crippen LogP contribution in [0.4, 0.5) is 18.3 Å². The van der Waals surface area contributed by atoms with Crippen LogP contribution in [0.5, 0.6) is 0 Å². The van der Waals surface area contributed by atoms with Crippen LogP contribution in [0.25, 0.3) is 0 Å². The van der Waals surface area contributed by atoms with E-state index in [9.17, 15) is 22.8 Å². The largest absolute Gasteiger partial charge is 0.433 e. The number of rotatable bonds is 4. The molecule has 0 unspecified atom stereocenters. The molecule has 0 aliphatic carbocycles. The van der Waals surface area contributed by atoms with Gasteiger partial charge < -0.3 is 4.98 Å². The third-order valence-electron chi connectivity index (χ3n) is 2.12. The molecule has 0 saturated carbocycles. The third-order valence-corrected chi connectivity index (χ3v) is 3.75. The molecule has 0 fully saturated rings. The van der Waals surface area contributed by atoms with Gasteiger partial charge in [-0.25, -0.2) is 4.98 Å². The molecule has 7 nitrogen and oxygen atoms in total. The number of hydrogen-bond donors (Lipinski definition) is 2. The third kappa shape index (κ3) is 4.53. The number of carbonyl (C=O) groups excluding carboxylic acids is 1. The van der Waals surface area contributed by atoms with Crippen molar-refractivity contribution in [3.05, 3.63) is 27.1 Å². The molecule has 2 rings (SSSR count). The molecule has 0 aromatic carbocycles. The Labute approximate surface area is 129 Å². The number of alkyl halides is 3. The van der Waals surface area contributed by atoms with Gasteiger partial charge in [-0.15, -0.1) is 10.2 Å². The molecule has 118 valence electrons. The Kier molecular flexibility index (Phi) is 4.81. The zero-order chi connectivity index (χ0) is 16.3. The number of aryl methyl sites for hydroxylation is 1. The topological polar surface area (TPSA) is 101 Å². The molecular weight excluding hydrogens is 343 g/mol. The second kappa shape index (κ2) is 6.44. The molecule has 2 aromatic rings. The van der Waals surface area contributed by atoms with E-state index in [-0.39, 0.29) is 16.0 Å². The molecule has 0 saturated heterocycles. The smallest absolute Gasteiger partial charge is 0.301 e. The van der Waals surface area contributed by atoms with E-state index in [1.807, 2.05) is 0 Å². The first-order valence-corrected chi connectivity index (χ1v) is 7.45. The van der Waals surface area contributed by atoms with Gasteiger partial charge in [0.1, 0.15) is 5.01 Å². The summed E-state index contributed by atoms with van der Waals surface area (Å²) in [6.45, 7) is 1.71. The number of H-pyrrole nitrogens is 1. The molecule has 2 N–H and O–H groups in total. The zero-order valence-electron chi connectivity index (χ0n) is 10.9. The number of nitrogens with one attached hydrogen (secondary N) is 2. The highest BCUT2D eigenvalue weighted by molar-refractivity contribution is 7.99. The number of aromatic amines is 1. The lowest BCUT2D eigenvalue weighted by molar-refractivity contribution is -0.141. The van der Waals surface area contributed by atoms with Gasteiger partial charge in [0.05, 0.1) is 5.75 Å². The fourth-order valence-corrected chi connectivity index (χ4v) is 2.57. The predicted octanol–water partition coefficient (Wildman–Crippen LogP) is 1.68. The second-order valence-corrected chi connectivity index (χ2v) is 6.04. The van der Waals surface area contributed by atoms with Crippen LogP contribution in [0.15, 0.2) is 16.0 Å². The molecule has 0 spiro atoms. The summed E-state index contributed by atoms with van der Waals surface area (Å²) in [5.41, 5.74) is -2.25. The Morgan fingerprint density at radius 1 is 1.45 bits per heavy atom. The SMILES string of the molecule is Cc1nnc(NC(=O)CSc2nc(C(F)(F)F)cc(=O)[nH]2)s1. The maximum Gasteiger partial charge on any atom is 0.433 e. The van der Waals surface area contributed by atoms with E-state index in [0.29, 0.717) is 22.8 Å². The Hall–Kier alpha value is -1.95. The van der Waals surface area contributed by atoms with Crippen LogP contribution in [0.1, 0.15) is 10.7 Å². The number of halogens is 3. The fraction of sp³-hybridized carbons (Fsp3) is 0.300. The van der Waals surface area contributed by atoms with Crippen molar-refractivity contribution in [2.75, 3.05) is 11.1 Å². The van der Waals surface area contributed by atoms with Crippen molar-refractivity contribution < 1.29 is 18.0 Å². The summed E-state index contributed by atoms with van der Waals surface area (Å²) in [4.78, 5) is 28.2. The normalized spacial score (nSPS) is 11.5. The first-order valence-electron chi connectivity index (χ1n) is 5.65. The van der Waals surface area contributed by atoms with Crippen molar-refractivity contribution in [2.24, 2.45) is 0 Å². The minimum absolute atomic E-state index is 0.233. The van der Waals surface area contributed by atoms with Crippen LogP contribution < -0.4 is 10.9 Å². The first-order chi connectivity index (χ1) is 10.2. The van der Waals surface area contributed by atoms with Crippen molar-refractivity contribution in [3.8, 4) is 0 Å². The van der Waals surface area contributed by atoms with Gasteiger partial charge in [-0.3, -0.25) is 14.9 Å². The molecule has 2 heterocycles. The van der Waals surface area contributed by atoms with Crippen LogP contribution in [-0.2, 0) is 11.0 Å². The zero-order valence-corrected chi connectivity index (χ0v) is 12.5. The Balaban J connectivity index is 2.00. The van der Waals surface area contributed by atoms with Crippen molar-refractivity contribution in [1.29, 1.82) is 0 Å². The monoisotopic (exact) mass is 351 g/mol. The van der Waals surface area contributed by atoms with E-state index in [4.69, 9.17) is 0 Å². The highest BCUT2D eigenvalue weighted by atomic mass is 32.2. The van der Waals surface area contributed by atoms with Crippen LogP contribution >= 0.6 is 23.1 Å². The van der Waals surface area contributed by atoms with E-state index in [1.165, 1.54) is 0 Å². The number of aromatic nitrogens is 4. The van der Waals surface area contributed by atoms with Gasteiger partial charge in [0, 0.05) is 6.07 Å². The number of carbonyl (C=O) groups is 1. The average molecular weight is 351 g/mol. The Bertz CT molecular complexity index is 743. The summed E-state index contributed by atoms with van der Waals surface area (Å²) < 4.78 is 37.6. The Morgan fingerprint density at radius 3 is 2.77 bits per heavy atom. The summed E-state index contributed by atoms with van der Waals surface area (Å²) in [6.07, 6.45) is -4.73. The molecular formula is C10H8F3N5O2S2. The summed E-state index contributed by atoms with van der Waals surface area (Å²) in [7, 11) is 0. The number of nitrogens with zero attached hydrogens (tertiary/aromatic N) is 3. The number of anilines is 1. The van der Waals surface area contributed by atoms with Gasteiger partial charge in [0.2, 0.25) is 11.0 Å². The predicted molar refractivity (Wildman–Crippen MR) is 73.9 cm³/mol. The second-order valence-electron chi connectivity index (χ2n) is 3.90. The van der Waals surface area contributed by atoms with Crippen molar-refractivity contribution >= 4 is 34.1 Å². The average Bonchev–Trinajstić information content (AvgIpc) is 2.80. The summed E-state index contributed by atoms with van der Waals surface area (Å²) in [5, 5.41) is 10.5. The Morgan fingerprint density at radius 2 is 2.18 bits per heavy atom. The highest BCUT2D eigenvalue weighted by Crippen LogP contribution is 2.27. The molecule has 0 bridgehead atoms. The summed E-state index contributed by atoms with van der Waals surface area (Å²) in [6, 6.07) is 0.355. The maximum atomic E-state index is 12.5. The molecule has 0 radical (unpaired) electrons. The maximum absolute atomic E-state index is 12.5. The highest BCUT2D eigenvalue weighted by Gasteiger charge is 2.33. The van der Waals surface area contributed by atoms with Crippen molar-refractivity contribution in [2.45, 2.75) is 18.3 Å². The fourth-order valence-electron chi connectivity index (χ4n) is 1.29. The van der Waals surface area contributed by atoms with Crippen molar-refractivity contribution in [3.63, 3.8) is 0 Å². The molecule has 0 aliphatic rings. The van der Waals surface area contributed by atoms with Gasteiger partial charge in [-0.05, 0) is 6.92 Å². The number of thioether (sulfide) groups is 1. The van der Waals surface area contributed by atoms with Crippen LogP contribution in [0, 0.1) is 6.92 Å². The molecule has 22 heavy (non-hydrogen) atoms. The quantitative estimate of drug-likeness (QED) is 0.642. The summed E-state index contributed by atoms with van der Waals surface area (Å²) >= 11 is 1.84. The van der Waals surface area contributed by atoms with Crippen LogP contribution in [0.2, 0.25) is 0 Å². The van der Waals surface area contributed by atoms with Crippen molar-refractivity contribution in [1.82, 2.24) is 20.2 Å². The van der Waals surface area contributed by atoms with Crippen LogP contribution in [-0.4, -0.2) is 31.8 Å². The molecule has 12 heteroatoms. The van der Waals surface area contributed by atoms with E-state index in [1.54, 1.807) is 6.92 Å². The lowest BCUT2D eigenvalue weighted by Gasteiger charge is -2.06. The molecule has 1 amide bonds. The summed E-state index contributed by atoms with van der Waals surface area (Å²) in [5.74, 6) is -0.732. The van der Waals surface area contributed by atoms with Gasteiger partial charge in [0.25, 0.3) is 5.56 Å². The lowest BCUT2D eigenvalue weighted by atomic mass is 10.4. The molecule has 0 atom stereocenters. The van der Waals surface area contributed by atoms with E-state index >= 15 is 0 Å². The van der Waals surface area contributed by atoms with Gasteiger partial charge in [-0.1, -0.05) is 23.1 Å². The molecule has 2 aromatic heterocycles. The van der Waals surface area contributed by atoms with E-state index in [0.717, 1.165) is 11.3 Å². The van der Waals surface area contributed by atoms with E-state index < -0.39 is 23.3 Å². The lowest BCUT2D eigenvalue weighted by Crippen LogP contribution is -2.18. The first kappa shape index (κ1) is 16.4. The van der Waals surface area contributed by atoms with Gasteiger partial charge in [-0.2, -0.15) is 13.2 Å². The molecule has 0 aliphatic heterocycles. The number of amides is 1.